The highest BCUT2D eigenvalue weighted by Crippen LogP contribution is 2.25. The molecule has 5 heteroatoms. The van der Waals surface area contributed by atoms with Crippen LogP contribution < -0.4 is 0 Å². The molecule has 2 aromatic carbocycles. The largest absolute Gasteiger partial charge is 0.443 e. The first-order valence-electron chi connectivity index (χ1n) is 8.26. The molecular weight excluding hydrogens is 330 g/mol. The molecule has 1 heterocycles. The van der Waals surface area contributed by atoms with Gasteiger partial charge in [-0.05, 0) is 20.8 Å². The molecular formula is C21H19NO4. The summed E-state index contributed by atoms with van der Waals surface area (Å²) in [6, 6.07) is 15.9. The lowest BCUT2D eigenvalue weighted by molar-refractivity contribution is 0.0242. The van der Waals surface area contributed by atoms with Crippen LogP contribution in [0.5, 0.6) is 0 Å². The van der Waals surface area contributed by atoms with Crippen molar-refractivity contribution >= 4 is 11.8 Å². The summed E-state index contributed by atoms with van der Waals surface area (Å²) in [5.41, 5.74) is 3.73. The van der Waals surface area contributed by atoms with Crippen molar-refractivity contribution in [2.24, 2.45) is 0 Å². The average Bonchev–Trinajstić information content (AvgIpc) is 3.07. The fourth-order valence-electron chi connectivity index (χ4n) is 2.51. The van der Waals surface area contributed by atoms with Gasteiger partial charge in [0.2, 0.25) is 11.5 Å². The maximum atomic E-state index is 13.0. The van der Waals surface area contributed by atoms with Gasteiger partial charge in [0.1, 0.15) is 0 Å². The highest BCUT2D eigenvalue weighted by Gasteiger charge is 2.28. The maximum Gasteiger partial charge on any atom is 0.378 e. The van der Waals surface area contributed by atoms with Gasteiger partial charge in [-0.3, -0.25) is 4.79 Å². The first kappa shape index (κ1) is 17.6. The van der Waals surface area contributed by atoms with Crippen LogP contribution in [0.25, 0.3) is 0 Å². The fourth-order valence-corrected chi connectivity index (χ4v) is 2.51. The zero-order valence-electron chi connectivity index (χ0n) is 14.9. The van der Waals surface area contributed by atoms with E-state index in [0.717, 1.165) is 11.1 Å². The number of benzene rings is 2. The molecule has 5 nitrogen and oxygen atoms in total. The first-order chi connectivity index (χ1) is 12.4. The molecule has 0 N–H and O–H groups in total. The van der Waals surface area contributed by atoms with Gasteiger partial charge in [0.05, 0.1) is 5.69 Å². The number of hydrogen-bond acceptors (Lipinski definition) is 5. The van der Waals surface area contributed by atoms with E-state index in [1.165, 1.54) is 6.07 Å². The van der Waals surface area contributed by atoms with Crippen molar-refractivity contribution in [3.63, 3.8) is 0 Å². The van der Waals surface area contributed by atoms with E-state index in [1.54, 1.807) is 31.2 Å². The van der Waals surface area contributed by atoms with E-state index in [0.29, 0.717) is 16.8 Å². The zero-order valence-corrected chi connectivity index (χ0v) is 14.9. The molecule has 3 aromatic rings. The number of carbonyl (C=O) groups excluding carboxylic acids is 2. The van der Waals surface area contributed by atoms with Crippen LogP contribution in [0.1, 0.15) is 49.4 Å². The molecule has 0 fully saturated rings. The highest BCUT2D eigenvalue weighted by molar-refractivity contribution is 6.01. The quantitative estimate of drug-likeness (QED) is 0.505. The molecule has 0 spiro atoms. The molecule has 0 unspecified atom stereocenters. The van der Waals surface area contributed by atoms with Crippen molar-refractivity contribution in [2.45, 2.75) is 26.9 Å². The van der Waals surface area contributed by atoms with Crippen molar-refractivity contribution in [3.8, 4) is 0 Å². The molecule has 3 rings (SSSR count). The molecule has 0 saturated heterocycles. The Morgan fingerprint density at radius 1 is 0.923 bits per heavy atom. The lowest BCUT2D eigenvalue weighted by Crippen LogP contribution is -2.20. The number of nitrogens with zero attached hydrogens (tertiary/aromatic N) is 1. The van der Waals surface area contributed by atoms with E-state index in [-0.39, 0.29) is 11.5 Å². The summed E-state index contributed by atoms with van der Waals surface area (Å²) < 4.78 is 10.4. The van der Waals surface area contributed by atoms with E-state index in [4.69, 9.17) is 9.26 Å². The molecule has 0 amide bonds. The Morgan fingerprint density at radius 3 is 2.04 bits per heavy atom. The lowest BCUT2D eigenvalue weighted by Gasteiger charge is -2.17. The number of esters is 1. The predicted octanol–water partition coefficient (Wildman–Crippen LogP) is 4.38. The van der Waals surface area contributed by atoms with Gasteiger partial charge in [-0.15, -0.1) is 0 Å². The van der Waals surface area contributed by atoms with Crippen LogP contribution in [0.3, 0.4) is 0 Å². The van der Waals surface area contributed by atoms with Gasteiger partial charge in [-0.25, -0.2) is 4.79 Å². The minimum Gasteiger partial charge on any atom is -0.443 e. The zero-order chi connectivity index (χ0) is 18.7. The van der Waals surface area contributed by atoms with Gasteiger partial charge < -0.3 is 9.26 Å². The van der Waals surface area contributed by atoms with Crippen molar-refractivity contribution in [2.75, 3.05) is 0 Å². The number of aromatic nitrogens is 1. The number of aryl methyl sites for hydroxylation is 3. The molecule has 132 valence electrons. The number of carbonyl (C=O) groups is 2. The molecule has 26 heavy (non-hydrogen) atoms. The number of ether oxygens (including phenoxy) is 1. The second kappa shape index (κ2) is 7.35. The second-order valence-corrected chi connectivity index (χ2v) is 6.26. The summed E-state index contributed by atoms with van der Waals surface area (Å²) >= 11 is 0. The Kier molecular flexibility index (Phi) is 4.98. The summed E-state index contributed by atoms with van der Waals surface area (Å²) in [4.78, 5) is 25.4. The molecule has 0 aliphatic heterocycles. The number of Topliss-reactive ketones (excluding diaryl/α,β-unsaturated/α-hetero) is 1. The molecule has 1 atom stereocenters. The van der Waals surface area contributed by atoms with Crippen molar-refractivity contribution in [3.05, 3.63) is 88.3 Å². The molecule has 0 radical (unpaired) electrons. The molecule has 0 aliphatic carbocycles. The summed E-state index contributed by atoms with van der Waals surface area (Å²) in [5, 5.41) is 3.68. The van der Waals surface area contributed by atoms with Crippen LogP contribution in [-0.4, -0.2) is 16.9 Å². The first-order valence-corrected chi connectivity index (χ1v) is 8.26. The third-order valence-electron chi connectivity index (χ3n) is 4.01. The topological polar surface area (TPSA) is 69.4 Å². The van der Waals surface area contributed by atoms with Gasteiger partial charge in [0.15, 0.2) is 6.10 Å². The maximum absolute atomic E-state index is 13.0. The minimum atomic E-state index is -1.06. The Labute approximate surface area is 151 Å². The van der Waals surface area contributed by atoms with Gasteiger partial charge in [-0.1, -0.05) is 64.8 Å². The Balaban J connectivity index is 1.93. The summed E-state index contributed by atoms with van der Waals surface area (Å²) in [6.07, 6.45) is -1.06. The van der Waals surface area contributed by atoms with Crippen molar-refractivity contribution < 1.29 is 18.8 Å². The van der Waals surface area contributed by atoms with Crippen LogP contribution >= 0.6 is 0 Å². The van der Waals surface area contributed by atoms with E-state index in [9.17, 15) is 9.59 Å². The number of ketones is 1. The van der Waals surface area contributed by atoms with Crippen molar-refractivity contribution in [1.82, 2.24) is 5.16 Å². The SMILES string of the molecule is Cc1ccc(C(=O)[C@H](OC(=O)c2cc(C)no2)c2ccc(C)cc2)cc1. The van der Waals surface area contributed by atoms with Crippen LogP contribution in [0, 0.1) is 20.8 Å². The van der Waals surface area contributed by atoms with Gasteiger partial charge in [-0.2, -0.15) is 0 Å². The van der Waals surface area contributed by atoms with Gasteiger partial charge >= 0.3 is 5.97 Å². The summed E-state index contributed by atoms with van der Waals surface area (Å²) in [7, 11) is 0. The van der Waals surface area contributed by atoms with Crippen LogP contribution in [0.4, 0.5) is 0 Å². The Morgan fingerprint density at radius 2 is 1.50 bits per heavy atom. The Bertz CT molecular complexity index is 923. The molecule has 0 aliphatic rings. The standard InChI is InChI=1S/C21H19NO4/c1-13-4-8-16(9-5-13)19(23)20(17-10-6-14(2)7-11-17)25-21(24)18-12-15(3)22-26-18/h4-12,20H,1-3H3/t20-/m1/s1. The van der Waals surface area contributed by atoms with E-state index in [1.807, 2.05) is 38.1 Å². The van der Waals surface area contributed by atoms with E-state index < -0.39 is 12.1 Å². The van der Waals surface area contributed by atoms with Gasteiger partial charge in [0, 0.05) is 17.2 Å². The number of hydrogen-bond donors (Lipinski definition) is 0. The lowest BCUT2D eigenvalue weighted by atomic mass is 9.98. The highest BCUT2D eigenvalue weighted by atomic mass is 16.6. The van der Waals surface area contributed by atoms with E-state index >= 15 is 0 Å². The fraction of sp³-hybridized carbons (Fsp3) is 0.190. The monoisotopic (exact) mass is 349 g/mol. The normalized spacial score (nSPS) is 11.8. The van der Waals surface area contributed by atoms with Gasteiger partial charge in [0.25, 0.3) is 0 Å². The second-order valence-electron chi connectivity index (χ2n) is 6.26. The smallest absolute Gasteiger partial charge is 0.378 e. The van der Waals surface area contributed by atoms with Crippen LogP contribution in [0.2, 0.25) is 0 Å². The molecule has 0 saturated carbocycles. The summed E-state index contributed by atoms with van der Waals surface area (Å²) in [5.74, 6) is -1.05. The third kappa shape index (κ3) is 3.88. The Hall–Kier alpha value is -3.21. The number of rotatable bonds is 5. The molecule has 1 aromatic heterocycles. The third-order valence-corrected chi connectivity index (χ3v) is 4.01. The predicted molar refractivity (Wildman–Crippen MR) is 96.1 cm³/mol. The average molecular weight is 349 g/mol. The van der Waals surface area contributed by atoms with E-state index in [2.05, 4.69) is 5.16 Å². The van der Waals surface area contributed by atoms with Crippen LogP contribution in [0.15, 0.2) is 59.1 Å². The molecule has 0 bridgehead atoms. The minimum absolute atomic E-state index is 0.0312. The summed E-state index contributed by atoms with van der Waals surface area (Å²) in [6.45, 7) is 5.59. The van der Waals surface area contributed by atoms with Crippen molar-refractivity contribution in [1.29, 1.82) is 0 Å². The van der Waals surface area contributed by atoms with Crippen LogP contribution in [-0.2, 0) is 4.74 Å².